The molecule has 0 saturated heterocycles. The van der Waals surface area contributed by atoms with Crippen molar-refractivity contribution in [3.05, 3.63) is 51.7 Å². The zero-order chi connectivity index (χ0) is 16.7. The molecule has 4 nitrogen and oxygen atoms in total. The van der Waals surface area contributed by atoms with Crippen molar-refractivity contribution in [2.75, 3.05) is 13.6 Å². The average Bonchev–Trinajstić information content (AvgIpc) is 3.01. The summed E-state index contributed by atoms with van der Waals surface area (Å²) < 4.78 is 13.6. The molecule has 0 amide bonds. The van der Waals surface area contributed by atoms with Gasteiger partial charge in [-0.05, 0) is 24.0 Å². The lowest BCUT2D eigenvalue weighted by atomic mass is 10.1. The molecule has 124 valence electrons. The van der Waals surface area contributed by atoms with E-state index < -0.39 is 0 Å². The fourth-order valence-corrected chi connectivity index (χ4v) is 2.96. The normalized spacial score (nSPS) is 11.8. The Labute approximate surface area is 140 Å². The van der Waals surface area contributed by atoms with Gasteiger partial charge in [0.15, 0.2) is 5.96 Å². The summed E-state index contributed by atoms with van der Waals surface area (Å²) in [7, 11) is 1.72. The monoisotopic (exact) mass is 334 g/mol. The maximum atomic E-state index is 13.6. The van der Waals surface area contributed by atoms with E-state index in [2.05, 4.69) is 39.8 Å². The molecule has 0 saturated carbocycles. The first-order valence-electron chi connectivity index (χ1n) is 7.72. The molecular formula is C17H23FN4S. The number of halogens is 1. The van der Waals surface area contributed by atoms with Gasteiger partial charge >= 0.3 is 0 Å². The molecule has 1 aromatic carbocycles. The summed E-state index contributed by atoms with van der Waals surface area (Å²) in [4.78, 5) is 8.76. The first-order chi connectivity index (χ1) is 11.1. The largest absolute Gasteiger partial charge is 0.356 e. The van der Waals surface area contributed by atoms with Crippen LogP contribution in [0.15, 0.2) is 34.6 Å². The highest BCUT2D eigenvalue weighted by atomic mass is 32.1. The molecule has 6 heteroatoms. The Morgan fingerprint density at radius 2 is 2.09 bits per heavy atom. The molecule has 0 unspecified atom stereocenters. The highest BCUT2D eigenvalue weighted by molar-refractivity contribution is 7.09. The number of thiazole rings is 1. The topological polar surface area (TPSA) is 49.3 Å². The van der Waals surface area contributed by atoms with Crippen molar-refractivity contribution in [1.82, 2.24) is 15.6 Å². The van der Waals surface area contributed by atoms with Gasteiger partial charge in [0.2, 0.25) is 0 Å². The lowest BCUT2D eigenvalue weighted by molar-refractivity contribution is 0.606. The Morgan fingerprint density at radius 1 is 1.30 bits per heavy atom. The first-order valence-corrected chi connectivity index (χ1v) is 8.60. The molecule has 0 aliphatic heterocycles. The van der Waals surface area contributed by atoms with Gasteiger partial charge in [-0.25, -0.2) is 9.37 Å². The second kappa shape index (κ2) is 8.62. The van der Waals surface area contributed by atoms with E-state index in [-0.39, 0.29) is 5.82 Å². The smallest absolute Gasteiger partial charge is 0.191 e. The van der Waals surface area contributed by atoms with E-state index in [4.69, 9.17) is 0 Å². The summed E-state index contributed by atoms with van der Waals surface area (Å²) in [5.74, 6) is 0.974. The van der Waals surface area contributed by atoms with Crippen LogP contribution in [0.3, 0.4) is 0 Å². The van der Waals surface area contributed by atoms with Crippen LogP contribution in [-0.4, -0.2) is 24.5 Å². The Balaban J connectivity index is 1.78. The molecule has 1 aromatic heterocycles. The Hall–Kier alpha value is -1.95. The molecule has 0 aliphatic rings. The van der Waals surface area contributed by atoms with Crippen LogP contribution in [0.2, 0.25) is 0 Å². The van der Waals surface area contributed by atoms with Crippen LogP contribution < -0.4 is 10.6 Å². The summed E-state index contributed by atoms with van der Waals surface area (Å²) in [6, 6.07) is 6.83. The summed E-state index contributed by atoms with van der Waals surface area (Å²) >= 11 is 1.65. The van der Waals surface area contributed by atoms with Crippen molar-refractivity contribution in [2.24, 2.45) is 4.99 Å². The number of hydrogen-bond acceptors (Lipinski definition) is 3. The molecule has 0 bridgehead atoms. The number of nitrogens with zero attached hydrogens (tertiary/aromatic N) is 2. The summed E-state index contributed by atoms with van der Waals surface area (Å²) in [5.41, 5.74) is 1.83. The standard InChI is InChI=1S/C17H23FN4S/c1-12(2)15-11-23-16(22-15)10-21-17(19-3)20-9-8-13-6-4-5-7-14(13)18/h4-7,11-12H,8-10H2,1-3H3,(H2,19,20,21). The van der Waals surface area contributed by atoms with Crippen LogP contribution in [0.1, 0.15) is 36.0 Å². The summed E-state index contributed by atoms with van der Waals surface area (Å²) in [6.07, 6.45) is 0.613. The predicted molar refractivity (Wildman–Crippen MR) is 94.5 cm³/mol. The van der Waals surface area contributed by atoms with Gasteiger partial charge in [-0.3, -0.25) is 4.99 Å². The Kier molecular flexibility index (Phi) is 6.52. The molecular weight excluding hydrogens is 311 g/mol. The van der Waals surface area contributed by atoms with Crippen LogP contribution in [0, 0.1) is 5.82 Å². The molecule has 0 fully saturated rings. The molecule has 23 heavy (non-hydrogen) atoms. The lowest BCUT2D eigenvalue weighted by Crippen LogP contribution is -2.37. The van der Waals surface area contributed by atoms with Gasteiger partial charge < -0.3 is 10.6 Å². The van der Waals surface area contributed by atoms with Crippen molar-refractivity contribution in [3.63, 3.8) is 0 Å². The minimum atomic E-state index is -0.166. The molecule has 2 rings (SSSR count). The molecule has 2 aromatic rings. The molecule has 0 atom stereocenters. The summed E-state index contributed by atoms with van der Waals surface area (Å²) in [6.45, 7) is 5.53. The molecule has 0 radical (unpaired) electrons. The third-order valence-electron chi connectivity index (χ3n) is 3.44. The van der Waals surface area contributed by atoms with Crippen molar-refractivity contribution in [1.29, 1.82) is 0 Å². The van der Waals surface area contributed by atoms with E-state index in [1.54, 1.807) is 30.5 Å². The maximum Gasteiger partial charge on any atom is 0.191 e. The Bertz CT molecular complexity index is 652. The number of aliphatic imine (C=N–C) groups is 1. The van der Waals surface area contributed by atoms with E-state index in [1.807, 2.05) is 6.07 Å². The van der Waals surface area contributed by atoms with Crippen molar-refractivity contribution in [2.45, 2.75) is 32.7 Å². The third kappa shape index (κ3) is 5.32. The molecule has 0 spiro atoms. The number of aromatic nitrogens is 1. The number of hydrogen-bond donors (Lipinski definition) is 2. The van der Waals surface area contributed by atoms with E-state index in [0.717, 1.165) is 10.7 Å². The van der Waals surface area contributed by atoms with Crippen molar-refractivity contribution < 1.29 is 4.39 Å². The lowest BCUT2D eigenvalue weighted by Gasteiger charge is -2.11. The second-order valence-electron chi connectivity index (χ2n) is 5.51. The zero-order valence-electron chi connectivity index (χ0n) is 13.8. The average molecular weight is 334 g/mol. The van der Waals surface area contributed by atoms with Gasteiger partial charge in [-0.15, -0.1) is 11.3 Å². The van der Waals surface area contributed by atoms with Crippen LogP contribution in [0.5, 0.6) is 0 Å². The number of rotatable bonds is 6. The van der Waals surface area contributed by atoms with Gasteiger partial charge in [-0.2, -0.15) is 0 Å². The van der Waals surface area contributed by atoms with E-state index in [0.29, 0.717) is 37.0 Å². The van der Waals surface area contributed by atoms with Crippen molar-refractivity contribution in [3.8, 4) is 0 Å². The molecule has 1 heterocycles. The van der Waals surface area contributed by atoms with Crippen LogP contribution >= 0.6 is 11.3 Å². The van der Waals surface area contributed by atoms with E-state index in [1.165, 1.54) is 6.07 Å². The fourth-order valence-electron chi connectivity index (χ4n) is 2.07. The van der Waals surface area contributed by atoms with E-state index >= 15 is 0 Å². The number of nitrogens with one attached hydrogen (secondary N) is 2. The van der Waals surface area contributed by atoms with Gasteiger partial charge in [0.25, 0.3) is 0 Å². The van der Waals surface area contributed by atoms with Crippen LogP contribution in [-0.2, 0) is 13.0 Å². The molecule has 2 N–H and O–H groups in total. The maximum absolute atomic E-state index is 13.6. The molecule has 0 aliphatic carbocycles. The zero-order valence-corrected chi connectivity index (χ0v) is 14.6. The number of guanidine groups is 1. The van der Waals surface area contributed by atoms with Crippen molar-refractivity contribution >= 4 is 17.3 Å². The second-order valence-corrected chi connectivity index (χ2v) is 6.46. The minimum absolute atomic E-state index is 0.166. The van der Waals surface area contributed by atoms with Gasteiger partial charge in [-0.1, -0.05) is 32.0 Å². The minimum Gasteiger partial charge on any atom is -0.356 e. The predicted octanol–water partition coefficient (Wildman–Crippen LogP) is 3.31. The van der Waals surface area contributed by atoms with Crippen LogP contribution in [0.25, 0.3) is 0 Å². The number of benzene rings is 1. The third-order valence-corrected chi connectivity index (χ3v) is 4.30. The van der Waals surface area contributed by atoms with Gasteiger partial charge in [0, 0.05) is 19.0 Å². The van der Waals surface area contributed by atoms with Crippen LogP contribution in [0.4, 0.5) is 4.39 Å². The first kappa shape index (κ1) is 17.4. The van der Waals surface area contributed by atoms with E-state index in [9.17, 15) is 4.39 Å². The summed E-state index contributed by atoms with van der Waals surface area (Å²) in [5, 5.41) is 9.55. The fraction of sp³-hybridized carbons (Fsp3) is 0.412. The highest BCUT2D eigenvalue weighted by Crippen LogP contribution is 2.17. The van der Waals surface area contributed by atoms with Gasteiger partial charge in [0.05, 0.1) is 12.2 Å². The highest BCUT2D eigenvalue weighted by Gasteiger charge is 2.06. The SMILES string of the molecule is CN=C(NCCc1ccccc1F)NCc1nc(C(C)C)cs1. The Morgan fingerprint density at radius 3 is 2.74 bits per heavy atom. The quantitative estimate of drug-likeness (QED) is 0.629. The van der Waals surface area contributed by atoms with Gasteiger partial charge in [0.1, 0.15) is 10.8 Å².